The maximum absolute atomic E-state index is 11.7. The van der Waals surface area contributed by atoms with Crippen LogP contribution in [0.2, 0.25) is 0 Å². The lowest BCUT2D eigenvalue weighted by molar-refractivity contribution is -0.168. The number of nitrogens with zero attached hydrogens (tertiary/aromatic N) is 2. The minimum absolute atomic E-state index is 0.101. The van der Waals surface area contributed by atoms with Crippen LogP contribution in [-0.4, -0.2) is 65.0 Å². The molecule has 0 aliphatic carbocycles. The van der Waals surface area contributed by atoms with Gasteiger partial charge in [-0.15, -0.1) is 0 Å². The third-order valence-corrected chi connectivity index (χ3v) is 2.69. The van der Waals surface area contributed by atoms with Crippen LogP contribution in [-0.2, 0) is 23.9 Å². The molecule has 1 aliphatic heterocycles. The van der Waals surface area contributed by atoms with Gasteiger partial charge in [-0.3, -0.25) is 24.1 Å². The molecule has 0 saturated carbocycles. The second kappa shape index (κ2) is 5.89. The van der Waals surface area contributed by atoms with Crippen LogP contribution in [0.15, 0.2) is 0 Å². The average molecular weight is 286 g/mol. The first-order valence-corrected chi connectivity index (χ1v) is 6.10. The number of aliphatic carboxylic acids is 1. The van der Waals surface area contributed by atoms with E-state index in [0.29, 0.717) is 0 Å². The van der Waals surface area contributed by atoms with Crippen molar-refractivity contribution >= 4 is 23.8 Å². The molecule has 0 aromatic heterocycles. The van der Waals surface area contributed by atoms with Crippen molar-refractivity contribution in [2.75, 3.05) is 26.4 Å². The fraction of sp³-hybridized carbons (Fsp3) is 0.667. The van der Waals surface area contributed by atoms with Crippen LogP contribution in [0.5, 0.6) is 0 Å². The first-order valence-electron chi connectivity index (χ1n) is 6.10. The highest BCUT2D eigenvalue weighted by Crippen LogP contribution is 2.15. The Bertz CT molecular complexity index is 440. The molecule has 1 rings (SSSR count). The molecule has 112 valence electrons. The van der Waals surface area contributed by atoms with Gasteiger partial charge in [-0.25, -0.2) is 0 Å². The first kappa shape index (κ1) is 15.9. The maximum Gasteiger partial charge on any atom is 0.323 e. The highest BCUT2D eigenvalue weighted by molar-refractivity contribution is 6.35. The van der Waals surface area contributed by atoms with Gasteiger partial charge < -0.3 is 14.7 Å². The summed E-state index contributed by atoms with van der Waals surface area (Å²) in [7, 11) is 0. The topological polar surface area (TPSA) is 104 Å². The number of ether oxygens (including phenoxy) is 1. The van der Waals surface area contributed by atoms with Crippen molar-refractivity contribution in [2.24, 2.45) is 5.41 Å². The minimum atomic E-state index is -1.18. The van der Waals surface area contributed by atoms with E-state index in [0.717, 1.165) is 9.80 Å². The fourth-order valence-electron chi connectivity index (χ4n) is 1.51. The van der Waals surface area contributed by atoms with Gasteiger partial charge in [0.05, 0.1) is 5.41 Å². The summed E-state index contributed by atoms with van der Waals surface area (Å²) in [6, 6.07) is 0. The molecule has 0 atom stereocenters. The van der Waals surface area contributed by atoms with Crippen LogP contribution in [0.25, 0.3) is 0 Å². The summed E-state index contributed by atoms with van der Waals surface area (Å²) >= 11 is 0. The van der Waals surface area contributed by atoms with Crippen molar-refractivity contribution in [3.8, 4) is 0 Å². The van der Waals surface area contributed by atoms with E-state index < -0.39 is 35.7 Å². The standard InChI is InChI=1S/C12H18N2O6/c1-12(2,3)11(19)20-7-14-5-4-13(6-8(15)16)9(17)10(14)18/h4-7H2,1-3H3,(H,15,16). The van der Waals surface area contributed by atoms with E-state index in [1.807, 2.05) is 0 Å². The lowest BCUT2D eigenvalue weighted by Crippen LogP contribution is -2.56. The van der Waals surface area contributed by atoms with Gasteiger partial charge in [0, 0.05) is 13.1 Å². The summed E-state index contributed by atoms with van der Waals surface area (Å²) in [5, 5.41) is 8.61. The lowest BCUT2D eigenvalue weighted by atomic mass is 9.98. The Morgan fingerprint density at radius 1 is 1.15 bits per heavy atom. The molecular weight excluding hydrogens is 268 g/mol. The molecule has 8 heteroatoms. The van der Waals surface area contributed by atoms with Gasteiger partial charge in [0.2, 0.25) is 0 Å². The molecule has 1 heterocycles. The predicted octanol–water partition coefficient (Wildman–Crippen LogP) is -0.711. The molecular formula is C12H18N2O6. The van der Waals surface area contributed by atoms with Crippen LogP contribution in [0.1, 0.15) is 20.8 Å². The summed E-state index contributed by atoms with van der Waals surface area (Å²) in [5.74, 6) is -3.42. The SMILES string of the molecule is CC(C)(C)C(=O)OCN1CCN(CC(=O)O)C(=O)C1=O. The Hall–Kier alpha value is -2.12. The van der Waals surface area contributed by atoms with E-state index in [1.165, 1.54) is 0 Å². The van der Waals surface area contributed by atoms with Crippen molar-refractivity contribution in [3.05, 3.63) is 0 Å². The minimum Gasteiger partial charge on any atom is -0.480 e. The van der Waals surface area contributed by atoms with E-state index in [1.54, 1.807) is 20.8 Å². The summed E-state index contributed by atoms with van der Waals surface area (Å²) in [4.78, 5) is 47.5. The molecule has 1 N–H and O–H groups in total. The predicted molar refractivity (Wildman–Crippen MR) is 66.3 cm³/mol. The highest BCUT2D eigenvalue weighted by Gasteiger charge is 2.34. The van der Waals surface area contributed by atoms with Crippen LogP contribution in [0.4, 0.5) is 0 Å². The number of hydrogen-bond donors (Lipinski definition) is 1. The molecule has 0 unspecified atom stereocenters. The Labute approximate surface area is 116 Å². The Balaban J connectivity index is 2.56. The number of hydrogen-bond acceptors (Lipinski definition) is 5. The summed E-state index contributed by atoms with van der Waals surface area (Å²) in [5.41, 5.74) is -0.696. The molecule has 8 nitrogen and oxygen atoms in total. The second-order valence-corrected chi connectivity index (χ2v) is 5.50. The maximum atomic E-state index is 11.7. The molecule has 0 bridgehead atoms. The molecule has 0 aromatic carbocycles. The largest absolute Gasteiger partial charge is 0.480 e. The van der Waals surface area contributed by atoms with Gasteiger partial charge >= 0.3 is 23.8 Å². The summed E-state index contributed by atoms with van der Waals surface area (Å²) in [6.07, 6.45) is 0. The summed E-state index contributed by atoms with van der Waals surface area (Å²) in [6.45, 7) is 4.44. The van der Waals surface area contributed by atoms with Crippen LogP contribution in [0, 0.1) is 5.41 Å². The Morgan fingerprint density at radius 3 is 2.15 bits per heavy atom. The van der Waals surface area contributed by atoms with Crippen molar-refractivity contribution in [2.45, 2.75) is 20.8 Å². The quantitative estimate of drug-likeness (QED) is 0.540. The van der Waals surface area contributed by atoms with Crippen LogP contribution >= 0.6 is 0 Å². The lowest BCUT2D eigenvalue weighted by Gasteiger charge is -2.32. The van der Waals surface area contributed by atoms with E-state index in [4.69, 9.17) is 9.84 Å². The van der Waals surface area contributed by atoms with E-state index in [-0.39, 0.29) is 19.8 Å². The van der Waals surface area contributed by atoms with E-state index >= 15 is 0 Å². The number of carboxylic acid groups (broad SMARTS) is 1. The van der Waals surface area contributed by atoms with Gasteiger partial charge in [0.25, 0.3) is 0 Å². The van der Waals surface area contributed by atoms with Crippen LogP contribution in [0.3, 0.4) is 0 Å². The van der Waals surface area contributed by atoms with Crippen molar-refractivity contribution in [1.82, 2.24) is 9.80 Å². The van der Waals surface area contributed by atoms with Crippen molar-refractivity contribution in [3.63, 3.8) is 0 Å². The third kappa shape index (κ3) is 3.94. The normalized spacial score (nSPS) is 16.4. The number of carbonyl (C=O) groups is 4. The second-order valence-electron chi connectivity index (χ2n) is 5.50. The number of carbonyl (C=O) groups excluding carboxylic acids is 3. The number of esters is 1. The monoisotopic (exact) mass is 286 g/mol. The van der Waals surface area contributed by atoms with Gasteiger partial charge in [0.15, 0.2) is 6.73 Å². The highest BCUT2D eigenvalue weighted by atomic mass is 16.5. The van der Waals surface area contributed by atoms with Crippen molar-refractivity contribution < 1.29 is 29.0 Å². The smallest absolute Gasteiger partial charge is 0.323 e. The molecule has 0 spiro atoms. The van der Waals surface area contributed by atoms with Gasteiger partial charge in [-0.2, -0.15) is 0 Å². The Kier molecular flexibility index (Phi) is 4.69. The zero-order valence-electron chi connectivity index (χ0n) is 11.7. The zero-order valence-corrected chi connectivity index (χ0v) is 11.7. The third-order valence-electron chi connectivity index (χ3n) is 2.69. The number of amides is 2. The first-order chi connectivity index (χ1) is 9.12. The van der Waals surface area contributed by atoms with E-state index in [2.05, 4.69) is 0 Å². The number of rotatable bonds is 4. The molecule has 0 aromatic rings. The number of piperazine rings is 1. The average Bonchev–Trinajstić information content (AvgIpc) is 2.32. The van der Waals surface area contributed by atoms with Crippen molar-refractivity contribution in [1.29, 1.82) is 0 Å². The van der Waals surface area contributed by atoms with Gasteiger partial charge in [-0.1, -0.05) is 0 Å². The van der Waals surface area contributed by atoms with Gasteiger partial charge in [0.1, 0.15) is 6.54 Å². The number of carboxylic acids is 1. The van der Waals surface area contributed by atoms with Gasteiger partial charge in [-0.05, 0) is 20.8 Å². The van der Waals surface area contributed by atoms with Crippen LogP contribution < -0.4 is 0 Å². The zero-order chi connectivity index (χ0) is 15.5. The molecule has 1 fully saturated rings. The van der Waals surface area contributed by atoms with E-state index in [9.17, 15) is 19.2 Å². The molecule has 20 heavy (non-hydrogen) atoms. The molecule has 2 amide bonds. The molecule has 1 aliphatic rings. The Morgan fingerprint density at radius 2 is 1.65 bits per heavy atom. The molecule has 0 radical (unpaired) electrons. The summed E-state index contributed by atoms with van der Waals surface area (Å²) < 4.78 is 4.96. The molecule has 1 saturated heterocycles. The fourth-order valence-corrected chi connectivity index (χ4v) is 1.51.